The lowest BCUT2D eigenvalue weighted by Crippen LogP contribution is -2.19. The van der Waals surface area contributed by atoms with Crippen molar-refractivity contribution >= 4 is 29.4 Å². The molecule has 0 saturated carbocycles. The maximum absolute atomic E-state index is 13.6. The van der Waals surface area contributed by atoms with Crippen molar-refractivity contribution in [3.63, 3.8) is 0 Å². The van der Waals surface area contributed by atoms with E-state index in [-0.39, 0.29) is 33.2 Å². The molecule has 0 bridgehead atoms. The minimum atomic E-state index is -1.15. The molecule has 0 spiro atoms. The number of rotatable bonds is 2. The largest absolute Gasteiger partial charge is 0.438 e. The van der Waals surface area contributed by atoms with Crippen LogP contribution in [0.1, 0.15) is 11.4 Å². The Morgan fingerprint density at radius 1 is 0.704 bits per heavy atom. The van der Waals surface area contributed by atoms with Crippen LogP contribution < -0.4 is 0 Å². The number of nitriles is 2. The van der Waals surface area contributed by atoms with Gasteiger partial charge in [0.15, 0.2) is 34.7 Å². The summed E-state index contributed by atoms with van der Waals surface area (Å²) in [4.78, 5) is 0. The molecule has 6 nitrogen and oxygen atoms in total. The number of hydrogen-bond donors (Lipinski definition) is 0. The monoisotopic (exact) mass is 367 g/mol. The Kier molecular flexibility index (Phi) is 3.60. The number of aromatic nitrogens is 4. The molecule has 0 unspecified atom stereocenters. The highest BCUT2D eigenvalue weighted by Gasteiger charge is 2.20. The highest BCUT2D eigenvalue weighted by Crippen LogP contribution is 2.24. The fraction of sp³-hybridized carbons (Fsp3) is 0. The first-order chi connectivity index (χ1) is 12.9. The summed E-state index contributed by atoms with van der Waals surface area (Å²) in [5, 5.41) is 26.2. The lowest BCUT2D eigenvalue weighted by atomic mass is 10.1. The normalized spacial score (nSPS) is 10.9. The first-order valence-electron chi connectivity index (χ1n) is 7.32. The Hall–Kier alpha value is -3.86. The van der Waals surface area contributed by atoms with Crippen molar-refractivity contribution < 1.29 is 17.6 Å². The van der Waals surface area contributed by atoms with Gasteiger partial charge in [0.05, 0.1) is 11.0 Å². The Morgan fingerprint density at radius 3 is 1.44 bits per heavy atom. The van der Waals surface area contributed by atoms with Gasteiger partial charge in [-0.1, -0.05) is 0 Å². The minimum absolute atomic E-state index is 0.0511. The molecule has 4 rings (SSSR count). The zero-order chi connectivity index (χ0) is 19.3. The molecular weight excluding hydrogens is 363 g/mol. The molecule has 11 heteroatoms. The zero-order valence-corrected chi connectivity index (χ0v) is 13.1. The van der Waals surface area contributed by atoms with Crippen LogP contribution in [0.2, 0.25) is 0 Å². The van der Waals surface area contributed by atoms with Crippen molar-refractivity contribution in [2.24, 2.45) is 0 Å². The lowest BCUT2D eigenvalue weighted by Gasteiger charge is -2.03. The van der Waals surface area contributed by atoms with Gasteiger partial charge in [0.25, 0.3) is 0 Å². The number of benzene rings is 2. The maximum Gasteiger partial charge on any atom is 0.438 e. The van der Waals surface area contributed by atoms with Gasteiger partial charge in [-0.05, 0) is 12.1 Å². The summed E-state index contributed by atoms with van der Waals surface area (Å²) < 4.78 is 56.3. The van der Waals surface area contributed by atoms with E-state index >= 15 is 0 Å². The average Bonchev–Trinajstić information content (AvgIpc) is 3.14. The minimum Gasteiger partial charge on any atom is -0.284 e. The molecule has 4 aromatic rings. The van der Waals surface area contributed by atoms with E-state index in [0.717, 1.165) is 41.0 Å². The first-order valence-corrected chi connectivity index (χ1v) is 7.32. The maximum atomic E-state index is 13.6. The number of halogens is 4. The molecule has 2 aromatic heterocycles. The molecule has 2 heterocycles. The Morgan fingerprint density at radius 2 is 1.07 bits per heavy atom. The summed E-state index contributed by atoms with van der Waals surface area (Å²) >= 11 is 0. The third-order valence-corrected chi connectivity index (χ3v) is 3.93. The summed E-state index contributed by atoms with van der Waals surface area (Å²) in [6.45, 7) is 0. The van der Waals surface area contributed by atoms with Crippen LogP contribution in [0.4, 0.5) is 17.6 Å². The predicted octanol–water partition coefficient (Wildman–Crippen LogP) is 2.62. The van der Waals surface area contributed by atoms with E-state index in [1.807, 2.05) is 0 Å². The summed E-state index contributed by atoms with van der Waals surface area (Å²) in [7, 11) is 1.14. The second-order valence-corrected chi connectivity index (χ2v) is 5.49. The number of hydrogen-bond acceptors (Lipinski definition) is 4. The molecular formula is C16H4BF4N6. The average molecular weight is 367 g/mol. The third kappa shape index (κ3) is 2.48. The molecule has 0 N–H and O–H groups in total. The fourth-order valence-electron chi connectivity index (χ4n) is 2.71. The van der Waals surface area contributed by atoms with Crippen molar-refractivity contribution in [2.45, 2.75) is 0 Å². The van der Waals surface area contributed by atoms with E-state index in [1.165, 1.54) is 0 Å². The van der Waals surface area contributed by atoms with E-state index < -0.39 is 23.3 Å². The van der Waals surface area contributed by atoms with Gasteiger partial charge in [0.1, 0.15) is 12.1 Å². The van der Waals surface area contributed by atoms with Gasteiger partial charge in [-0.25, -0.2) is 17.6 Å². The smallest absolute Gasteiger partial charge is 0.284 e. The van der Waals surface area contributed by atoms with Gasteiger partial charge in [-0.3, -0.25) is 9.19 Å². The van der Waals surface area contributed by atoms with Crippen LogP contribution >= 0.6 is 0 Å². The van der Waals surface area contributed by atoms with Crippen LogP contribution in [-0.2, 0) is 0 Å². The molecule has 27 heavy (non-hydrogen) atoms. The second-order valence-electron chi connectivity index (χ2n) is 5.49. The van der Waals surface area contributed by atoms with Crippen LogP contribution in [0.3, 0.4) is 0 Å². The van der Waals surface area contributed by atoms with Crippen molar-refractivity contribution in [1.29, 1.82) is 10.5 Å². The van der Waals surface area contributed by atoms with Crippen LogP contribution in [0, 0.1) is 45.9 Å². The van der Waals surface area contributed by atoms with Gasteiger partial charge in [0, 0.05) is 22.9 Å². The molecule has 0 aliphatic carbocycles. The zero-order valence-electron chi connectivity index (χ0n) is 13.1. The molecule has 0 aliphatic rings. The predicted molar refractivity (Wildman–Crippen MR) is 85.3 cm³/mol. The van der Waals surface area contributed by atoms with E-state index in [2.05, 4.69) is 10.2 Å². The van der Waals surface area contributed by atoms with E-state index in [0.29, 0.717) is 0 Å². The summed E-state index contributed by atoms with van der Waals surface area (Å²) in [6, 6.07) is 6.86. The molecule has 0 atom stereocenters. The molecule has 129 valence electrons. The molecule has 0 fully saturated rings. The Bertz CT molecular complexity index is 1230. The van der Waals surface area contributed by atoms with Gasteiger partial charge >= 0.3 is 7.55 Å². The van der Waals surface area contributed by atoms with E-state index in [4.69, 9.17) is 10.5 Å². The molecule has 1 radical (unpaired) electrons. The quantitative estimate of drug-likeness (QED) is 0.403. The fourth-order valence-corrected chi connectivity index (χ4v) is 2.71. The van der Waals surface area contributed by atoms with Crippen molar-refractivity contribution in [3.8, 4) is 12.1 Å². The van der Waals surface area contributed by atoms with Crippen molar-refractivity contribution in [1.82, 2.24) is 19.4 Å². The van der Waals surface area contributed by atoms with Gasteiger partial charge in [0.2, 0.25) is 0 Å². The van der Waals surface area contributed by atoms with Gasteiger partial charge in [-0.15, -0.1) is 0 Å². The summed E-state index contributed by atoms with van der Waals surface area (Å²) in [6.07, 6.45) is 0. The third-order valence-electron chi connectivity index (χ3n) is 3.93. The lowest BCUT2D eigenvalue weighted by molar-refractivity contribution is 0.510. The topological polar surface area (TPSA) is 83.2 Å². The Labute approximate surface area is 148 Å². The van der Waals surface area contributed by atoms with Gasteiger partial charge < -0.3 is 0 Å². The first kappa shape index (κ1) is 16.6. The highest BCUT2D eigenvalue weighted by molar-refractivity contribution is 6.35. The van der Waals surface area contributed by atoms with Crippen molar-refractivity contribution in [3.05, 3.63) is 58.9 Å². The highest BCUT2D eigenvalue weighted by atomic mass is 19.2. The van der Waals surface area contributed by atoms with E-state index in [9.17, 15) is 17.6 Å². The van der Waals surface area contributed by atoms with Crippen molar-refractivity contribution in [2.75, 3.05) is 0 Å². The van der Waals surface area contributed by atoms with Crippen LogP contribution in [0.5, 0.6) is 0 Å². The van der Waals surface area contributed by atoms with Gasteiger partial charge in [-0.2, -0.15) is 20.7 Å². The molecule has 2 aromatic carbocycles. The molecule has 0 saturated heterocycles. The van der Waals surface area contributed by atoms with Crippen LogP contribution in [-0.4, -0.2) is 26.9 Å². The summed E-state index contributed by atoms with van der Waals surface area (Å²) in [5.41, 5.74) is -0.242. The standard InChI is InChI=1S/C16H4BF4N6/c18-9-1-7-13(5-22)24-26(15(7)3-11(9)20)17-27-16-4-12(21)10(19)2-8(16)14(6-23)25-27/h1-4H. The Balaban J connectivity index is 1.93. The van der Waals surface area contributed by atoms with Crippen LogP contribution in [0.25, 0.3) is 21.8 Å². The summed E-state index contributed by atoms with van der Waals surface area (Å²) in [5.74, 6) is -4.60. The number of fused-ring (bicyclic) bond motifs is 2. The SMILES string of the molecule is N#Cc1nn([B]n2nc(C#N)c3cc(F)c(F)cc32)c2cc(F)c(F)cc12. The number of nitrogens with zero attached hydrogens (tertiary/aromatic N) is 6. The molecule has 0 aliphatic heterocycles. The second kappa shape index (κ2) is 5.85. The van der Waals surface area contributed by atoms with E-state index in [1.54, 1.807) is 12.1 Å². The van der Waals surface area contributed by atoms with Crippen LogP contribution in [0.15, 0.2) is 24.3 Å². The molecule has 0 amide bonds.